The van der Waals surface area contributed by atoms with Gasteiger partial charge in [-0.3, -0.25) is 9.59 Å². The van der Waals surface area contributed by atoms with E-state index < -0.39 is 0 Å². The highest BCUT2D eigenvalue weighted by Crippen LogP contribution is 2.37. The molecule has 2 fully saturated rings. The molecule has 2 aromatic heterocycles. The van der Waals surface area contributed by atoms with E-state index in [0.29, 0.717) is 58.2 Å². The first-order valence-electron chi connectivity index (χ1n) is 13.2. The zero-order valence-electron chi connectivity index (χ0n) is 21.6. The van der Waals surface area contributed by atoms with Gasteiger partial charge in [0.25, 0.3) is 5.91 Å². The summed E-state index contributed by atoms with van der Waals surface area (Å²) in [5.74, 6) is 0.838. The highest BCUT2D eigenvalue weighted by molar-refractivity contribution is 6.09. The Morgan fingerprint density at radius 2 is 1.97 bits per heavy atom. The molecule has 0 aliphatic heterocycles. The molecule has 3 aromatic rings. The van der Waals surface area contributed by atoms with E-state index in [1.807, 2.05) is 13.8 Å². The van der Waals surface area contributed by atoms with Crippen molar-refractivity contribution in [2.24, 2.45) is 11.8 Å². The zero-order chi connectivity index (χ0) is 26.1. The molecule has 2 aliphatic carbocycles. The Morgan fingerprint density at radius 1 is 1.16 bits per heavy atom. The molecule has 2 saturated carbocycles. The van der Waals surface area contributed by atoms with E-state index in [2.05, 4.69) is 32.5 Å². The van der Waals surface area contributed by atoms with Gasteiger partial charge in [-0.1, -0.05) is 13.8 Å². The largest absolute Gasteiger partial charge is 0.493 e. The second-order valence-electron chi connectivity index (χ2n) is 10.5. The van der Waals surface area contributed by atoms with Crippen molar-refractivity contribution in [3.63, 3.8) is 0 Å². The fourth-order valence-electron chi connectivity index (χ4n) is 5.22. The van der Waals surface area contributed by atoms with Crippen LogP contribution in [0.3, 0.4) is 0 Å². The summed E-state index contributed by atoms with van der Waals surface area (Å²) in [6, 6.07) is 4.57. The number of carbonyl (C=O) groups is 2. The molecule has 5 rings (SSSR count). The normalized spacial score (nSPS) is 21.6. The third kappa shape index (κ3) is 5.45. The highest BCUT2D eigenvalue weighted by Gasteiger charge is 2.31. The Kier molecular flexibility index (Phi) is 7.13. The number of nitrogens with zero attached hydrogens (tertiary/aromatic N) is 2. The molecule has 0 unspecified atom stereocenters. The van der Waals surface area contributed by atoms with Crippen LogP contribution in [0.25, 0.3) is 22.3 Å². The van der Waals surface area contributed by atoms with Crippen LogP contribution < -0.4 is 15.4 Å². The number of benzene rings is 1. The minimum atomic E-state index is -0.387. The van der Waals surface area contributed by atoms with Gasteiger partial charge in [0.15, 0.2) is 0 Å². The Balaban J connectivity index is 1.38. The number of aromatic amines is 1. The summed E-state index contributed by atoms with van der Waals surface area (Å²) in [4.78, 5) is 37.4. The predicted octanol–water partition coefficient (Wildman–Crippen LogP) is 4.67. The van der Waals surface area contributed by atoms with Crippen molar-refractivity contribution in [3.8, 4) is 17.0 Å². The quantitative estimate of drug-likeness (QED) is 0.410. The molecule has 2 heterocycles. The van der Waals surface area contributed by atoms with Gasteiger partial charge < -0.3 is 20.4 Å². The van der Waals surface area contributed by atoms with E-state index in [1.54, 1.807) is 6.07 Å². The van der Waals surface area contributed by atoms with Crippen LogP contribution in [-0.4, -0.2) is 45.5 Å². The Bertz CT molecular complexity index is 1320. The van der Waals surface area contributed by atoms with Gasteiger partial charge in [-0.2, -0.15) is 0 Å². The molecule has 0 spiro atoms. The number of amides is 2. The summed E-state index contributed by atoms with van der Waals surface area (Å²) in [7, 11) is 0. The van der Waals surface area contributed by atoms with E-state index in [0.717, 1.165) is 32.1 Å². The molecule has 0 bridgehead atoms. The first kappa shape index (κ1) is 25.2. The molecular formula is C28H34FN5O3. The lowest BCUT2D eigenvalue weighted by molar-refractivity contribution is -0.122. The monoisotopic (exact) mass is 507 g/mol. The standard InChI is InChI=1S/C28H34FN5O3/c1-4-23(35)34-21-9-8-19(11-15(21)2)33-28(36)24-16(3)32-27-25(30-14-31-26(24)27)20-12-18(29)7-10-22(20)37-13-17-5-6-17/h7,10,12,14-15,17,19,21,32H,4-6,8-9,11,13H2,1-3H3,(H,33,36)(H,34,35)/t15-,19+,21-/m1/s1. The van der Waals surface area contributed by atoms with Crippen LogP contribution in [0.4, 0.5) is 4.39 Å². The van der Waals surface area contributed by atoms with Crippen molar-refractivity contribution >= 4 is 22.8 Å². The van der Waals surface area contributed by atoms with Gasteiger partial charge >= 0.3 is 0 Å². The summed E-state index contributed by atoms with van der Waals surface area (Å²) < 4.78 is 20.3. The lowest BCUT2D eigenvalue weighted by atomic mass is 9.82. The maximum atomic E-state index is 14.3. The van der Waals surface area contributed by atoms with Gasteiger partial charge in [0, 0.05) is 29.8 Å². The van der Waals surface area contributed by atoms with Crippen LogP contribution in [0.2, 0.25) is 0 Å². The molecule has 37 heavy (non-hydrogen) atoms. The van der Waals surface area contributed by atoms with Crippen LogP contribution >= 0.6 is 0 Å². The Hall–Kier alpha value is -3.49. The van der Waals surface area contributed by atoms with Crippen molar-refractivity contribution in [2.75, 3.05) is 6.61 Å². The average Bonchev–Trinajstić information content (AvgIpc) is 3.64. The van der Waals surface area contributed by atoms with Crippen molar-refractivity contribution in [1.82, 2.24) is 25.6 Å². The summed E-state index contributed by atoms with van der Waals surface area (Å²) in [6.45, 7) is 6.38. The summed E-state index contributed by atoms with van der Waals surface area (Å²) in [6.07, 6.45) is 6.56. The molecule has 3 N–H and O–H groups in total. The number of ether oxygens (including phenoxy) is 1. The number of hydrogen-bond donors (Lipinski definition) is 3. The minimum Gasteiger partial charge on any atom is -0.493 e. The van der Waals surface area contributed by atoms with Gasteiger partial charge in [0.1, 0.15) is 29.1 Å². The summed E-state index contributed by atoms with van der Waals surface area (Å²) in [5.41, 5.74) is 3.23. The highest BCUT2D eigenvalue weighted by atomic mass is 19.1. The van der Waals surface area contributed by atoms with Gasteiger partial charge in [0.2, 0.25) is 5.91 Å². The van der Waals surface area contributed by atoms with Crippen molar-refractivity contribution in [1.29, 1.82) is 0 Å². The number of hydrogen-bond acceptors (Lipinski definition) is 5. The summed E-state index contributed by atoms with van der Waals surface area (Å²) in [5, 5.41) is 6.27. The number of carbonyl (C=O) groups excluding carboxylic acids is 2. The van der Waals surface area contributed by atoms with E-state index in [1.165, 1.54) is 18.5 Å². The molecule has 0 radical (unpaired) electrons. The molecule has 0 saturated heterocycles. The lowest BCUT2D eigenvalue weighted by Gasteiger charge is -2.35. The molecule has 2 aliphatic rings. The predicted molar refractivity (Wildman–Crippen MR) is 139 cm³/mol. The molecule has 8 nitrogen and oxygen atoms in total. The smallest absolute Gasteiger partial charge is 0.255 e. The van der Waals surface area contributed by atoms with Gasteiger partial charge in [-0.05, 0) is 69.1 Å². The van der Waals surface area contributed by atoms with Crippen molar-refractivity contribution < 1.29 is 18.7 Å². The van der Waals surface area contributed by atoms with E-state index >= 15 is 0 Å². The molecule has 3 atom stereocenters. The molecule has 196 valence electrons. The number of halogens is 1. The molecule has 2 amide bonds. The van der Waals surface area contributed by atoms with E-state index in [-0.39, 0.29) is 35.6 Å². The molecular weight excluding hydrogens is 473 g/mol. The number of fused-ring (bicyclic) bond motifs is 1. The number of H-pyrrole nitrogens is 1. The first-order valence-corrected chi connectivity index (χ1v) is 13.2. The fourth-order valence-corrected chi connectivity index (χ4v) is 5.22. The average molecular weight is 508 g/mol. The number of nitrogens with one attached hydrogen (secondary N) is 3. The second-order valence-corrected chi connectivity index (χ2v) is 10.5. The van der Waals surface area contributed by atoms with E-state index in [9.17, 15) is 14.0 Å². The fraction of sp³-hybridized carbons (Fsp3) is 0.500. The van der Waals surface area contributed by atoms with Crippen molar-refractivity contribution in [3.05, 3.63) is 41.6 Å². The van der Waals surface area contributed by atoms with Crippen LogP contribution in [-0.2, 0) is 4.79 Å². The summed E-state index contributed by atoms with van der Waals surface area (Å²) >= 11 is 0. The van der Waals surface area contributed by atoms with Crippen LogP contribution in [0.5, 0.6) is 5.75 Å². The third-order valence-corrected chi connectivity index (χ3v) is 7.54. The van der Waals surface area contributed by atoms with Gasteiger partial charge in [-0.15, -0.1) is 0 Å². The zero-order valence-corrected chi connectivity index (χ0v) is 21.6. The van der Waals surface area contributed by atoms with Crippen LogP contribution in [0.1, 0.15) is 68.4 Å². The number of aryl methyl sites for hydroxylation is 1. The maximum Gasteiger partial charge on any atom is 0.255 e. The Labute approximate surface area is 215 Å². The molecule has 1 aromatic carbocycles. The topological polar surface area (TPSA) is 109 Å². The van der Waals surface area contributed by atoms with Crippen molar-refractivity contribution in [2.45, 2.75) is 71.4 Å². The van der Waals surface area contributed by atoms with E-state index in [4.69, 9.17) is 4.74 Å². The minimum absolute atomic E-state index is 0.00795. The SMILES string of the molecule is CCC(=O)N[C@@H]1CC[C@H](NC(=O)c2c(C)[nH]c3c(-c4cc(F)ccc4OCC4CC4)ncnc23)C[C@H]1C. The van der Waals surface area contributed by atoms with Gasteiger partial charge in [0.05, 0.1) is 17.7 Å². The van der Waals surface area contributed by atoms with Crippen LogP contribution in [0, 0.1) is 24.6 Å². The Morgan fingerprint density at radius 3 is 2.70 bits per heavy atom. The molecule has 9 heteroatoms. The first-order chi connectivity index (χ1) is 17.8. The third-order valence-electron chi connectivity index (χ3n) is 7.54. The van der Waals surface area contributed by atoms with Crippen LogP contribution in [0.15, 0.2) is 24.5 Å². The maximum absolute atomic E-state index is 14.3. The number of aromatic nitrogens is 3. The second kappa shape index (κ2) is 10.5. The lowest BCUT2D eigenvalue weighted by Crippen LogP contribution is -2.48. The number of rotatable bonds is 8. The van der Waals surface area contributed by atoms with Gasteiger partial charge in [-0.25, -0.2) is 14.4 Å².